The second-order valence-electron chi connectivity index (χ2n) is 3.98. The summed E-state index contributed by atoms with van der Waals surface area (Å²) >= 11 is 0. The Morgan fingerprint density at radius 2 is 2.22 bits per heavy atom. The number of hydrogen-bond acceptors (Lipinski definition) is 4. The third kappa shape index (κ3) is 3.92. The number of hydrogen-bond donors (Lipinski definition) is 2. The molecule has 0 aromatic heterocycles. The third-order valence-electron chi connectivity index (χ3n) is 2.73. The minimum atomic E-state index is -0.374. The van der Waals surface area contributed by atoms with E-state index in [-0.39, 0.29) is 25.0 Å². The molecule has 1 aromatic rings. The third-order valence-corrected chi connectivity index (χ3v) is 2.73. The van der Waals surface area contributed by atoms with Gasteiger partial charge in [-0.15, -0.1) is 0 Å². The van der Waals surface area contributed by atoms with E-state index in [2.05, 4.69) is 5.32 Å². The van der Waals surface area contributed by atoms with Gasteiger partial charge in [-0.3, -0.25) is 4.79 Å². The molecule has 18 heavy (non-hydrogen) atoms. The molecule has 0 aliphatic rings. The fraction of sp³-hybridized carbons (Fsp3) is 0.462. The van der Waals surface area contributed by atoms with Crippen molar-refractivity contribution in [3.05, 3.63) is 23.8 Å². The standard InChI is InChI=1S/C13H20N2O3/c1-9(15-2)11-5-4-10(17-3)8-12(11)18-7-6-13(14)16/h4-5,8-9,15H,6-7H2,1-3H3,(H2,14,16). The van der Waals surface area contributed by atoms with Gasteiger partial charge in [0.05, 0.1) is 20.1 Å². The molecule has 1 amide bonds. The van der Waals surface area contributed by atoms with E-state index in [1.165, 1.54) is 0 Å². The lowest BCUT2D eigenvalue weighted by Crippen LogP contribution is -2.17. The van der Waals surface area contributed by atoms with Gasteiger partial charge >= 0.3 is 0 Å². The highest BCUT2D eigenvalue weighted by Crippen LogP contribution is 2.29. The van der Waals surface area contributed by atoms with Gasteiger partial charge in [-0.1, -0.05) is 6.07 Å². The van der Waals surface area contributed by atoms with Crippen molar-refractivity contribution in [1.29, 1.82) is 0 Å². The first-order valence-electron chi connectivity index (χ1n) is 5.84. The molecule has 0 fully saturated rings. The van der Waals surface area contributed by atoms with Crippen molar-refractivity contribution in [3.8, 4) is 11.5 Å². The fourth-order valence-corrected chi connectivity index (χ4v) is 1.54. The zero-order valence-electron chi connectivity index (χ0n) is 11.0. The molecule has 0 radical (unpaired) electrons. The highest BCUT2D eigenvalue weighted by atomic mass is 16.5. The number of methoxy groups -OCH3 is 1. The van der Waals surface area contributed by atoms with Gasteiger partial charge in [-0.05, 0) is 20.0 Å². The molecular weight excluding hydrogens is 232 g/mol. The van der Waals surface area contributed by atoms with Gasteiger partial charge in [-0.2, -0.15) is 0 Å². The lowest BCUT2D eigenvalue weighted by atomic mass is 10.1. The average molecular weight is 252 g/mol. The molecule has 1 atom stereocenters. The van der Waals surface area contributed by atoms with Gasteiger partial charge < -0.3 is 20.5 Å². The second-order valence-corrected chi connectivity index (χ2v) is 3.98. The minimum absolute atomic E-state index is 0.152. The van der Waals surface area contributed by atoms with E-state index in [0.29, 0.717) is 5.75 Å². The van der Waals surface area contributed by atoms with Crippen molar-refractivity contribution < 1.29 is 14.3 Å². The summed E-state index contributed by atoms with van der Waals surface area (Å²) in [6, 6.07) is 5.79. The Labute approximate surface area is 107 Å². The molecule has 100 valence electrons. The summed E-state index contributed by atoms with van der Waals surface area (Å²) in [6.45, 7) is 2.30. The van der Waals surface area contributed by atoms with Gasteiger partial charge in [0, 0.05) is 17.7 Å². The molecule has 1 unspecified atom stereocenters. The van der Waals surface area contributed by atoms with E-state index < -0.39 is 0 Å². The van der Waals surface area contributed by atoms with Crippen LogP contribution in [0.15, 0.2) is 18.2 Å². The van der Waals surface area contributed by atoms with E-state index >= 15 is 0 Å². The molecule has 5 heteroatoms. The smallest absolute Gasteiger partial charge is 0.220 e. The lowest BCUT2D eigenvalue weighted by Gasteiger charge is -2.17. The molecule has 0 bridgehead atoms. The van der Waals surface area contributed by atoms with Crippen LogP contribution in [-0.2, 0) is 4.79 Å². The Bertz CT molecular complexity index is 407. The molecule has 3 N–H and O–H groups in total. The Morgan fingerprint density at radius 1 is 1.50 bits per heavy atom. The number of carbonyl (C=O) groups is 1. The number of carbonyl (C=O) groups excluding carboxylic acids is 1. The summed E-state index contributed by atoms with van der Waals surface area (Å²) in [7, 11) is 3.48. The summed E-state index contributed by atoms with van der Waals surface area (Å²) < 4.78 is 10.8. The second kappa shape index (κ2) is 6.86. The molecule has 1 aromatic carbocycles. The Morgan fingerprint density at radius 3 is 2.78 bits per heavy atom. The number of ether oxygens (including phenoxy) is 2. The first kappa shape index (κ1) is 14.3. The van der Waals surface area contributed by atoms with Crippen LogP contribution >= 0.6 is 0 Å². The zero-order valence-corrected chi connectivity index (χ0v) is 11.0. The van der Waals surface area contributed by atoms with Crippen LogP contribution in [0.3, 0.4) is 0 Å². The molecule has 0 saturated heterocycles. The van der Waals surface area contributed by atoms with E-state index in [9.17, 15) is 4.79 Å². The molecule has 0 saturated carbocycles. The molecule has 0 aliphatic heterocycles. The van der Waals surface area contributed by atoms with Gasteiger partial charge in [-0.25, -0.2) is 0 Å². The van der Waals surface area contributed by atoms with Crippen molar-refractivity contribution in [2.75, 3.05) is 20.8 Å². The Kier molecular flexibility index (Phi) is 5.45. The first-order chi connectivity index (χ1) is 8.58. The van der Waals surface area contributed by atoms with Crippen LogP contribution in [0.25, 0.3) is 0 Å². The summed E-state index contributed by atoms with van der Waals surface area (Å²) in [5, 5.41) is 3.15. The van der Waals surface area contributed by atoms with Gasteiger partial charge in [0.2, 0.25) is 5.91 Å². The van der Waals surface area contributed by atoms with Crippen LogP contribution in [0.2, 0.25) is 0 Å². The minimum Gasteiger partial charge on any atom is -0.497 e. The Hall–Kier alpha value is -1.75. The van der Waals surface area contributed by atoms with Crippen molar-refractivity contribution >= 4 is 5.91 Å². The van der Waals surface area contributed by atoms with Crippen LogP contribution in [0.5, 0.6) is 11.5 Å². The topological polar surface area (TPSA) is 73.6 Å². The number of primary amides is 1. The van der Waals surface area contributed by atoms with Crippen LogP contribution < -0.4 is 20.5 Å². The van der Waals surface area contributed by atoms with E-state index in [1.807, 2.05) is 32.2 Å². The molecule has 0 spiro atoms. The molecule has 5 nitrogen and oxygen atoms in total. The van der Waals surface area contributed by atoms with E-state index in [1.54, 1.807) is 7.11 Å². The summed E-state index contributed by atoms with van der Waals surface area (Å²) in [4.78, 5) is 10.7. The molecular formula is C13H20N2O3. The van der Waals surface area contributed by atoms with E-state index in [4.69, 9.17) is 15.2 Å². The van der Waals surface area contributed by atoms with Gasteiger partial charge in [0.1, 0.15) is 11.5 Å². The molecule has 1 rings (SSSR count). The SMILES string of the molecule is CNC(C)c1ccc(OC)cc1OCCC(N)=O. The predicted molar refractivity (Wildman–Crippen MR) is 69.8 cm³/mol. The first-order valence-corrected chi connectivity index (χ1v) is 5.84. The number of rotatable bonds is 7. The highest BCUT2D eigenvalue weighted by Gasteiger charge is 2.11. The fourth-order valence-electron chi connectivity index (χ4n) is 1.54. The van der Waals surface area contributed by atoms with E-state index in [0.717, 1.165) is 11.3 Å². The summed E-state index contributed by atoms with van der Waals surface area (Å²) in [5.74, 6) is 1.05. The number of amides is 1. The quantitative estimate of drug-likeness (QED) is 0.765. The molecule has 0 heterocycles. The molecule has 0 aliphatic carbocycles. The largest absolute Gasteiger partial charge is 0.497 e. The van der Waals surface area contributed by atoms with Crippen molar-refractivity contribution in [2.24, 2.45) is 5.73 Å². The van der Waals surface area contributed by atoms with Crippen LogP contribution in [0.4, 0.5) is 0 Å². The monoisotopic (exact) mass is 252 g/mol. The maximum Gasteiger partial charge on any atom is 0.220 e. The number of nitrogens with one attached hydrogen (secondary N) is 1. The highest BCUT2D eigenvalue weighted by molar-refractivity contribution is 5.73. The van der Waals surface area contributed by atoms with Crippen LogP contribution in [-0.4, -0.2) is 26.7 Å². The average Bonchev–Trinajstić information content (AvgIpc) is 2.37. The maximum atomic E-state index is 10.7. The lowest BCUT2D eigenvalue weighted by molar-refractivity contribution is -0.118. The predicted octanol–water partition coefficient (Wildman–Crippen LogP) is 1.23. The van der Waals surface area contributed by atoms with Gasteiger partial charge in [0.15, 0.2) is 0 Å². The normalized spacial score (nSPS) is 11.9. The maximum absolute atomic E-state index is 10.7. The van der Waals surface area contributed by atoms with Crippen LogP contribution in [0.1, 0.15) is 24.9 Å². The van der Waals surface area contributed by atoms with Crippen molar-refractivity contribution in [2.45, 2.75) is 19.4 Å². The van der Waals surface area contributed by atoms with Crippen molar-refractivity contribution in [3.63, 3.8) is 0 Å². The Balaban J connectivity index is 2.85. The van der Waals surface area contributed by atoms with Crippen LogP contribution in [0, 0.1) is 0 Å². The van der Waals surface area contributed by atoms with Gasteiger partial charge in [0.25, 0.3) is 0 Å². The number of nitrogens with two attached hydrogens (primary N) is 1. The summed E-state index contributed by atoms with van der Waals surface area (Å²) in [6.07, 6.45) is 0.199. The zero-order chi connectivity index (χ0) is 13.5. The summed E-state index contributed by atoms with van der Waals surface area (Å²) in [5.41, 5.74) is 6.10. The van der Waals surface area contributed by atoms with Crippen molar-refractivity contribution in [1.82, 2.24) is 5.32 Å². The number of benzene rings is 1.